The van der Waals surface area contributed by atoms with E-state index in [9.17, 15) is 9.59 Å². The van der Waals surface area contributed by atoms with Gasteiger partial charge in [-0.3, -0.25) is 9.59 Å². The lowest BCUT2D eigenvalue weighted by Crippen LogP contribution is -2.45. The van der Waals surface area contributed by atoms with Crippen LogP contribution >= 0.6 is 15.9 Å². The fraction of sp³-hybridized carbons (Fsp3) is 0.600. The van der Waals surface area contributed by atoms with E-state index < -0.39 is 0 Å². The van der Waals surface area contributed by atoms with Crippen LogP contribution in [0.2, 0.25) is 0 Å². The van der Waals surface area contributed by atoms with Crippen LogP contribution in [0.5, 0.6) is 0 Å². The molecule has 0 radical (unpaired) electrons. The number of halogens is 1. The highest BCUT2D eigenvalue weighted by atomic mass is 79.9. The molecule has 20 heavy (non-hydrogen) atoms. The van der Waals surface area contributed by atoms with Crippen molar-refractivity contribution in [3.8, 4) is 0 Å². The van der Waals surface area contributed by atoms with E-state index in [4.69, 9.17) is 0 Å². The van der Waals surface area contributed by atoms with Crippen LogP contribution in [0.1, 0.15) is 33.1 Å². The summed E-state index contributed by atoms with van der Waals surface area (Å²) in [6, 6.07) is 3.37. The van der Waals surface area contributed by atoms with Gasteiger partial charge in [-0.1, -0.05) is 26.7 Å². The molecule has 0 aromatic carbocycles. The van der Waals surface area contributed by atoms with Crippen LogP contribution < -0.4 is 10.9 Å². The molecule has 0 bridgehead atoms. The average Bonchev–Trinajstić information content (AvgIpc) is 2.39. The number of pyridine rings is 1. The topological polar surface area (TPSA) is 51.1 Å². The molecule has 1 saturated carbocycles. The molecular formula is C15H21BrN2O2. The summed E-state index contributed by atoms with van der Waals surface area (Å²) in [5.74, 6) is 1.05. The third-order valence-corrected chi connectivity index (χ3v) is 4.78. The van der Waals surface area contributed by atoms with Gasteiger partial charge in [0.05, 0.1) is 0 Å². The Morgan fingerprint density at radius 3 is 2.90 bits per heavy atom. The first-order valence-electron chi connectivity index (χ1n) is 7.12. The summed E-state index contributed by atoms with van der Waals surface area (Å²) in [6.45, 7) is 4.51. The SMILES string of the molecule is C[C@H]1[C@H](C)CCC[C@@H]1NC(=O)Cn1cc(Br)ccc1=O. The number of hydrogen-bond acceptors (Lipinski definition) is 2. The van der Waals surface area contributed by atoms with E-state index in [0.717, 1.165) is 17.3 Å². The molecule has 1 aliphatic rings. The quantitative estimate of drug-likeness (QED) is 0.919. The summed E-state index contributed by atoms with van der Waals surface area (Å²) in [5.41, 5.74) is -0.159. The Morgan fingerprint density at radius 1 is 1.40 bits per heavy atom. The number of amides is 1. The molecule has 0 spiro atoms. The van der Waals surface area contributed by atoms with Crippen LogP contribution in [0.25, 0.3) is 0 Å². The summed E-state index contributed by atoms with van der Waals surface area (Å²) < 4.78 is 2.22. The van der Waals surface area contributed by atoms with Gasteiger partial charge in [-0.15, -0.1) is 0 Å². The minimum absolute atomic E-state index is 0.0792. The minimum atomic E-state index is -0.159. The molecule has 1 aromatic heterocycles. The monoisotopic (exact) mass is 340 g/mol. The van der Waals surface area contributed by atoms with Crippen molar-refractivity contribution in [2.75, 3.05) is 0 Å². The maximum Gasteiger partial charge on any atom is 0.251 e. The van der Waals surface area contributed by atoms with E-state index in [-0.39, 0.29) is 24.1 Å². The molecule has 0 saturated heterocycles. The maximum atomic E-state index is 12.1. The van der Waals surface area contributed by atoms with Crippen LogP contribution in [0.3, 0.4) is 0 Å². The zero-order valence-electron chi connectivity index (χ0n) is 11.9. The van der Waals surface area contributed by atoms with Gasteiger partial charge in [0.25, 0.3) is 5.56 Å². The molecule has 1 aliphatic carbocycles. The Labute approximate surface area is 127 Å². The van der Waals surface area contributed by atoms with Crippen molar-refractivity contribution in [3.63, 3.8) is 0 Å². The summed E-state index contributed by atoms with van der Waals surface area (Å²) in [5, 5.41) is 3.08. The van der Waals surface area contributed by atoms with Gasteiger partial charge in [-0.2, -0.15) is 0 Å². The third kappa shape index (κ3) is 3.72. The Morgan fingerprint density at radius 2 is 2.15 bits per heavy atom. The standard InChI is InChI=1S/C15H21BrN2O2/c1-10-4-3-5-13(11(10)2)17-14(19)9-18-8-12(16)6-7-15(18)20/h6-8,10-11,13H,3-5,9H2,1-2H3,(H,17,19)/t10-,11+,13+/m1/s1. The lowest BCUT2D eigenvalue weighted by molar-refractivity contribution is -0.123. The van der Waals surface area contributed by atoms with Crippen molar-refractivity contribution >= 4 is 21.8 Å². The van der Waals surface area contributed by atoms with E-state index in [0.29, 0.717) is 11.8 Å². The van der Waals surface area contributed by atoms with Gasteiger partial charge in [-0.25, -0.2) is 0 Å². The lowest BCUT2D eigenvalue weighted by Gasteiger charge is -2.34. The van der Waals surface area contributed by atoms with Crippen molar-refractivity contribution in [2.24, 2.45) is 11.8 Å². The van der Waals surface area contributed by atoms with Gasteiger partial charge in [0.2, 0.25) is 5.91 Å². The van der Waals surface area contributed by atoms with Gasteiger partial charge in [0.1, 0.15) is 6.54 Å². The molecular weight excluding hydrogens is 320 g/mol. The molecule has 3 atom stereocenters. The van der Waals surface area contributed by atoms with Gasteiger partial charge in [0.15, 0.2) is 0 Å². The predicted octanol–water partition coefficient (Wildman–Crippen LogP) is 2.55. The van der Waals surface area contributed by atoms with Crippen molar-refractivity contribution < 1.29 is 4.79 Å². The number of nitrogens with zero attached hydrogens (tertiary/aromatic N) is 1. The van der Waals surface area contributed by atoms with E-state index >= 15 is 0 Å². The summed E-state index contributed by atoms with van der Waals surface area (Å²) >= 11 is 3.31. The number of nitrogens with one attached hydrogen (secondary N) is 1. The number of carbonyl (C=O) groups is 1. The zero-order valence-corrected chi connectivity index (χ0v) is 13.5. The number of rotatable bonds is 3. The van der Waals surface area contributed by atoms with Crippen LogP contribution in [-0.2, 0) is 11.3 Å². The zero-order chi connectivity index (χ0) is 14.7. The first kappa shape index (κ1) is 15.3. The molecule has 1 fully saturated rings. The fourth-order valence-electron chi connectivity index (χ4n) is 2.82. The molecule has 1 amide bonds. The second-order valence-electron chi connectivity index (χ2n) is 5.75. The summed E-state index contributed by atoms with van der Waals surface area (Å²) in [6.07, 6.45) is 5.07. The Bertz CT molecular complexity index is 541. The van der Waals surface area contributed by atoms with Crippen LogP contribution in [0.4, 0.5) is 0 Å². The normalized spacial score (nSPS) is 26.2. The Hall–Kier alpha value is -1.10. The second-order valence-corrected chi connectivity index (χ2v) is 6.67. The molecule has 4 nitrogen and oxygen atoms in total. The number of carbonyl (C=O) groups excluding carboxylic acids is 1. The third-order valence-electron chi connectivity index (χ3n) is 4.31. The summed E-state index contributed by atoms with van der Waals surface area (Å²) in [7, 11) is 0. The van der Waals surface area contributed by atoms with E-state index in [1.54, 1.807) is 12.3 Å². The molecule has 1 aromatic rings. The van der Waals surface area contributed by atoms with E-state index in [2.05, 4.69) is 35.1 Å². The molecule has 1 heterocycles. The smallest absolute Gasteiger partial charge is 0.251 e. The number of aromatic nitrogens is 1. The minimum Gasteiger partial charge on any atom is -0.352 e. The van der Waals surface area contributed by atoms with Gasteiger partial charge >= 0.3 is 0 Å². The molecule has 0 aliphatic heterocycles. The fourth-order valence-corrected chi connectivity index (χ4v) is 3.20. The predicted molar refractivity (Wildman–Crippen MR) is 82.5 cm³/mol. The Kier molecular flexibility index (Phi) is 5.02. The Balaban J connectivity index is 1.98. The van der Waals surface area contributed by atoms with Gasteiger partial charge in [-0.05, 0) is 40.3 Å². The largest absolute Gasteiger partial charge is 0.352 e. The number of hydrogen-bond donors (Lipinski definition) is 1. The van der Waals surface area contributed by atoms with Crippen LogP contribution in [0.15, 0.2) is 27.6 Å². The first-order valence-corrected chi connectivity index (χ1v) is 7.92. The van der Waals surface area contributed by atoms with Crippen LogP contribution in [0, 0.1) is 11.8 Å². The van der Waals surface area contributed by atoms with Gasteiger partial charge < -0.3 is 9.88 Å². The van der Waals surface area contributed by atoms with E-state index in [1.807, 2.05) is 0 Å². The lowest BCUT2D eigenvalue weighted by atomic mass is 9.78. The average molecular weight is 341 g/mol. The molecule has 110 valence electrons. The van der Waals surface area contributed by atoms with E-state index in [1.165, 1.54) is 17.1 Å². The second kappa shape index (κ2) is 6.57. The van der Waals surface area contributed by atoms with Crippen molar-refractivity contribution in [3.05, 3.63) is 33.2 Å². The maximum absolute atomic E-state index is 12.1. The van der Waals surface area contributed by atoms with Crippen molar-refractivity contribution in [1.29, 1.82) is 0 Å². The molecule has 5 heteroatoms. The summed E-state index contributed by atoms with van der Waals surface area (Å²) in [4.78, 5) is 23.8. The van der Waals surface area contributed by atoms with Crippen molar-refractivity contribution in [1.82, 2.24) is 9.88 Å². The first-order chi connectivity index (χ1) is 9.47. The highest BCUT2D eigenvalue weighted by molar-refractivity contribution is 9.10. The highest BCUT2D eigenvalue weighted by Gasteiger charge is 2.28. The molecule has 0 unspecified atom stereocenters. The van der Waals surface area contributed by atoms with Crippen molar-refractivity contribution in [2.45, 2.75) is 45.7 Å². The highest BCUT2D eigenvalue weighted by Crippen LogP contribution is 2.29. The molecule has 2 rings (SSSR count). The van der Waals surface area contributed by atoms with Gasteiger partial charge in [0, 0.05) is 22.8 Å². The van der Waals surface area contributed by atoms with Crippen LogP contribution in [-0.4, -0.2) is 16.5 Å². The molecule has 1 N–H and O–H groups in total.